The number of ether oxygens (including phenoxy) is 3. The van der Waals surface area contributed by atoms with Gasteiger partial charge in [-0.3, -0.25) is 9.69 Å². The van der Waals surface area contributed by atoms with Crippen LogP contribution in [-0.4, -0.2) is 77.1 Å². The molecule has 0 spiro atoms. The van der Waals surface area contributed by atoms with E-state index in [0.29, 0.717) is 32.7 Å². The van der Waals surface area contributed by atoms with Gasteiger partial charge in [-0.15, -0.1) is 0 Å². The van der Waals surface area contributed by atoms with Gasteiger partial charge in [0.15, 0.2) is 0 Å². The molecule has 1 aromatic heterocycles. The van der Waals surface area contributed by atoms with Gasteiger partial charge in [0.25, 0.3) is 0 Å². The van der Waals surface area contributed by atoms with Crippen molar-refractivity contribution >= 4 is 5.91 Å². The molecule has 0 unspecified atom stereocenters. The lowest BCUT2D eigenvalue weighted by Crippen LogP contribution is -2.55. The second kappa shape index (κ2) is 11.5. The smallest absolute Gasteiger partial charge is 0.222 e. The van der Waals surface area contributed by atoms with Crippen LogP contribution < -0.4 is 10.1 Å². The molecular weight excluding hydrogens is 424 g/mol. The standard InChI is InChI=1S/C24H32N4O5/c1-31-20-4-2-17(3-5-20)12-28-13-19(29)14-32-15-23-22(28)7-6-21(33-23)10-24(30)26-11-18-8-9-25-16-27-18/h2-5,8-9,16,19,21-23,29H,6-7,10-15H2,1H3,(H,26,30)/t19-,21-,22+,23-/m0/s1. The van der Waals surface area contributed by atoms with E-state index >= 15 is 0 Å². The second-order valence-electron chi connectivity index (χ2n) is 8.59. The highest BCUT2D eigenvalue weighted by Gasteiger charge is 2.38. The first kappa shape index (κ1) is 23.6. The van der Waals surface area contributed by atoms with Gasteiger partial charge >= 0.3 is 0 Å². The predicted molar refractivity (Wildman–Crippen MR) is 120 cm³/mol. The molecule has 33 heavy (non-hydrogen) atoms. The summed E-state index contributed by atoms with van der Waals surface area (Å²) < 4.78 is 17.3. The van der Waals surface area contributed by atoms with Gasteiger partial charge in [0, 0.05) is 25.3 Å². The Bertz CT molecular complexity index is 882. The van der Waals surface area contributed by atoms with Crippen molar-refractivity contribution < 1.29 is 24.1 Å². The number of aliphatic hydroxyl groups excluding tert-OH is 1. The van der Waals surface area contributed by atoms with Crippen LogP contribution in [0.3, 0.4) is 0 Å². The summed E-state index contributed by atoms with van der Waals surface area (Å²) in [6, 6.07) is 9.88. The number of amides is 1. The Morgan fingerprint density at radius 2 is 2.09 bits per heavy atom. The number of methoxy groups -OCH3 is 1. The molecule has 0 radical (unpaired) electrons. The third kappa shape index (κ3) is 6.70. The molecule has 1 aromatic carbocycles. The quantitative estimate of drug-likeness (QED) is 0.642. The van der Waals surface area contributed by atoms with Crippen molar-refractivity contribution in [2.45, 2.75) is 56.7 Å². The minimum Gasteiger partial charge on any atom is -0.497 e. The molecule has 2 aliphatic rings. The van der Waals surface area contributed by atoms with Gasteiger partial charge in [0.05, 0.1) is 57.3 Å². The fraction of sp³-hybridized carbons (Fsp3) is 0.542. The second-order valence-corrected chi connectivity index (χ2v) is 8.59. The zero-order valence-corrected chi connectivity index (χ0v) is 18.9. The minimum atomic E-state index is -0.547. The predicted octanol–water partition coefficient (Wildman–Crippen LogP) is 1.30. The molecule has 9 heteroatoms. The number of β-amino-alcohol motifs (C(OH)–C–C–N with tert-alkyl or cyclic N) is 1. The Hall–Kier alpha value is -2.59. The van der Waals surface area contributed by atoms with E-state index in [0.717, 1.165) is 29.8 Å². The number of nitrogens with one attached hydrogen (secondary N) is 1. The number of hydrogen-bond donors (Lipinski definition) is 2. The number of hydrogen-bond acceptors (Lipinski definition) is 8. The van der Waals surface area contributed by atoms with Crippen molar-refractivity contribution in [3.05, 3.63) is 54.1 Å². The molecular formula is C24H32N4O5. The van der Waals surface area contributed by atoms with Crippen LogP contribution in [0, 0.1) is 0 Å². The van der Waals surface area contributed by atoms with Crippen LogP contribution in [0.5, 0.6) is 5.75 Å². The average Bonchev–Trinajstić information content (AvgIpc) is 2.83. The van der Waals surface area contributed by atoms with E-state index < -0.39 is 6.10 Å². The molecule has 2 aliphatic heterocycles. The Kier molecular flexibility index (Phi) is 8.22. The first-order chi connectivity index (χ1) is 16.1. The molecule has 4 atom stereocenters. The normalized spacial score (nSPS) is 26.0. The van der Waals surface area contributed by atoms with Gasteiger partial charge in [0.1, 0.15) is 12.1 Å². The van der Waals surface area contributed by atoms with Crippen LogP contribution in [0.4, 0.5) is 0 Å². The largest absolute Gasteiger partial charge is 0.497 e. The summed E-state index contributed by atoms with van der Waals surface area (Å²) in [4.78, 5) is 22.7. The molecule has 2 aromatic rings. The van der Waals surface area contributed by atoms with Gasteiger partial charge in [0.2, 0.25) is 5.91 Å². The van der Waals surface area contributed by atoms with E-state index in [-0.39, 0.29) is 30.8 Å². The third-order valence-corrected chi connectivity index (χ3v) is 6.16. The lowest BCUT2D eigenvalue weighted by Gasteiger charge is -2.44. The van der Waals surface area contributed by atoms with Crippen molar-refractivity contribution in [2.75, 3.05) is 26.9 Å². The topological polar surface area (TPSA) is 106 Å². The third-order valence-electron chi connectivity index (χ3n) is 6.16. The molecule has 1 amide bonds. The van der Waals surface area contributed by atoms with Crippen LogP contribution in [0.1, 0.15) is 30.5 Å². The molecule has 2 saturated heterocycles. The monoisotopic (exact) mass is 456 g/mol. The van der Waals surface area contributed by atoms with Crippen molar-refractivity contribution in [1.29, 1.82) is 0 Å². The molecule has 0 aliphatic carbocycles. The van der Waals surface area contributed by atoms with Crippen LogP contribution in [0.25, 0.3) is 0 Å². The van der Waals surface area contributed by atoms with Gasteiger partial charge in [-0.1, -0.05) is 12.1 Å². The molecule has 0 saturated carbocycles. The zero-order chi connectivity index (χ0) is 23.0. The van der Waals surface area contributed by atoms with E-state index in [2.05, 4.69) is 20.2 Å². The molecule has 0 bridgehead atoms. The highest BCUT2D eigenvalue weighted by atomic mass is 16.5. The number of aliphatic hydroxyl groups is 1. The number of benzene rings is 1. The molecule has 178 valence electrons. The van der Waals surface area contributed by atoms with Crippen LogP contribution in [0.2, 0.25) is 0 Å². The summed E-state index contributed by atoms with van der Waals surface area (Å²) in [5.74, 6) is 0.758. The Balaban J connectivity index is 1.34. The van der Waals surface area contributed by atoms with Crippen molar-refractivity contribution in [1.82, 2.24) is 20.2 Å². The first-order valence-electron chi connectivity index (χ1n) is 11.4. The van der Waals surface area contributed by atoms with E-state index in [9.17, 15) is 9.90 Å². The van der Waals surface area contributed by atoms with Gasteiger partial charge in [-0.05, 0) is 36.6 Å². The van der Waals surface area contributed by atoms with Gasteiger partial charge < -0.3 is 24.6 Å². The first-order valence-corrected chi connectivity index (χ1v) is 11.4. The number of rotatable bonds is 7. The van der Waals surface area contributed by atoms with E-state index in [4.69, 9.17) is 14.2 Å². The van der Waals surface area contributed by atoms with Crippen molar-refractivity contribution in [3.8, 4) is 5.75 Å². The minimum absolute atomic E-state index is 0.0608. The molecule has 4 rings (SSSR count). The number of aromatic nitrogens is 2. The number of fused-ring (bicyclic) bond motifs is 1. The van der Waals surface area contributed by atoms with Crippen LogP contribution >= 0.6 is 0 Å². The summed E-state index contributed by atoms with van der Waals surface area (Å²) in [5.41, 5.74) is 1.92. The Labute approximate surface area is 194 Å². The SMILES string of the molecule is COc1ccc(CN2C[C@H](O)COC[C@@H]3O[C@H](CC(=O)NCc4ccncn4)CC[C@H]32)cc1. The summed E-state index contributed by atoms with van der Waals surface area (Å²) in [6.07, 6.45) is 4.22. The van der Waals surface area contributed by atoms with E-state index in [1.807, 2.05) is 24.3 Å². The van der Waals surface area contributed by atoms with Crippen molar-refractivity contribution in [3.63, 3.8) is 0 Å². The Morgan fingerprint density at radius 3 is 2.85 bits per heavy atom. The number of carbonyl (C=O) groups is 1. The summed E-state index contributed by atoms with van der Waals surface area (Å²) in [7, 11) is 1.65. The van der Waals surface area contributed by atoms with E-state index in [1.54, 1.807) is 19.4 Å². The van der Waals surface area contributed by atoms with Crippen molar-refractivity contribution in [2.24, 2.45) is 0 Å². The fourth-order valence-corrected chi connectivity index (χ4v) is 4.48. The lowest BCUT2D eigenvalue weighted by atomic mass is 9.94. The molecule has 9 nitrogen and oxygen atoms in total. The van der Waals surface area contributed by atoms with Gasteiger partial charge in [-0.25, -0.2) is 9.97 Å². The van der Waals surface area contributed by atoms with Crippen LogP contribution in [-0.2, 0) is 27.4 Å². The summed E-state index contributed by atoms with van der Waals surface area (Å²) >= 11 is 0. The van der Waals surface area contributed by atoms with Gasteiger partial charge in [-0.2, -0.15) is 0 Å². The fourth-order valence-electron chi connectivity index (χ4n) is 4.48. The summed E-state index contributed by atoms with van der Waals surface area (Å²) in [5, 5.41) is 13.3. The maximum Gasteiger partial charge on any atom is 0.222 e. The maximum absolute atomic E-state index is 12.4. The lowest BCUT2D eigenvalue weighted by molar-refractivity contribution is -0.158. The Morgan fingerprint density at radius 1 is 1.24 bits per heavy atom. The molecule has 3 heterocycles. The highest BCUT2D eigenvalue weighted by Crippen LogP contribution is 2.29. The van der Waals surface area contributed by atoms with E-state index in [1.165, 1.54) is 6.33 Å². The number of carbonyl (C=O) groups excluding carboxylic acids is 1. The summed E-state index contributed by atoms with van der Waals surface area (Å²) in [6.45, 7) is 2.27. The maximum atomic E-state index is 12.4. The number of nitrogens with zero attached hydrogens (tertiary/aromatic N) is 3. The van der Waals surface area contributed by atoms with Crippen LogP contribution in [0.15, 0.2) is 42.9 Å². The molecule has 2 N–H and O–H groups in total. The highest BCUT2D eigenvalue weighted by molar-refractivity contribution is 5.76. The zero-order valence-electron chi connectivity index (χ0n) is 18.9. The molecule has 2 fully saturated rings. The average molecular weight is 457 g/mol.